The molecule has 0 spiro atoms. The van der Waals surface area contributed by atoms with Crippen LogP contribution in [0.2, 0.25) is 0 Å². The Bertz CT molecular complexity index is 1070. The Balaban J connectivity index is 1.42. The Morgan fingerprint density at radius 1 is 0.976 bits per heavy atom. The van der Waals surface area contributed by atoms with Gasteiger partial charge in [0.1, 0.15) is 18.3 Å². The van der Waals surface area contributed by atoms with E-state index >= 15 is 0 Å². The molecule has 5 rings (SSSR count). The summed E-state index contributed by atoms with van der Waals surface area (Å²) < 4.78 is 11.9. The van der Waals surface area contributed by atoms with Crippen molar-refractivity contribution in [3.63, 3.8) is 0 Å². The van der Waals surface area contributed by atoms with Crippen LogP contribution in [0.3, 0.4) is 0 Å². The lowest BCUT2D eigenvalue weighted by Crippen LogP contribution is -2.63. The molecule has 5 N–H and O–H groups in total. The second kappa shape index (κ2) is 11.2. The molecule has 1 heterocycles. The van der Waals surface area contributed by atoms with E-state index in [-0.39, 0.29) is 52.8 Å². The van der Waals surface area contributed by atoms with E-state index in [1.165, 1.54) is 11.1 Å². The molecule has 7 nitrogen and oxygen atoms in total. The van der Waals surface area contributed by atoms with Gasteiger partial charge in [-0.05, 0) is 92.8 Å². The standard InChI is InChI=1S/C35H58O7/c1-19(2)10-9-11-20(3)27-24(37)17-35(8)30-23(36)16-22-21(33(30,6)14-15-34(27,35)7)12-13-26(32(22,4)5)42-31-29(40)28(39)25(38)18-41-31/h10,16,20-21,23-31,36-40H,9,11-15,17-18H2,1-8H3/t20-,21-,23?,24?,25-,26?,27+,28+,29-,30-,31+,33+,34-,35+/m1/s1. The van der Waals surface area contributed by atoms with Gasteiger partial charge in [-0.25, -0.2) is 0 Å². The molecule has 7 heteroatoms. The fourth-order valence-electron chi connectivity index (χ4n) is 11.0. The number of rotatable bonds is 6. The maximum absolute atomic E-state index is 12.1. The fourth-order valence-corrected chi connectivity index (χ4v) is 11.0. The van der Waals surface area contributed by atoms with Crippen molar-refractivity contribution < 1.29 is 35.0 Å². The Kier molecular flexibility index (Phi) is 8.71. The minimum absolute atomic E-state index is 0.0514. The van der Waals surface area contributed by atoms with E-state index in [9.17, 15) is 25.5 Å². The van der Waals surface area contributed by atoms with Gasteiger partial charge in [0.25, 0.3) is 0 Å². The average molecular weight is 591 g/mol. The highest BCUT2D eigenvalue weighted by Crippen LogP contribution is 2.75. The van der Waals surface area contributed by atoms with Crippen LogP contribution in [0.4, 0.5) is 0 Å². The van der Waals surface area contributed by atoms with Crippen LogP contribution in [0.1, 0.15) is 100 Å². The first kappa shape index (κ1) is 32.6. The molecule has 1 saturated heterocycles. The second-order valence-electron chi connectivity index (χ2n) is 16.3. The lowest BCUT2D eigenvalue weighted by Gasteiger charge is -2.67. The number of fused-ring (bicyclic) bond motifs is 5. The van der Waals surface area contributed by atoms with Gasteiger partial charge in [0.15, 0.2) is 6.29 Å². The molecule has 3 unspecified atom stereocenters. The zero-order chi connectivity index (χ0) is 31.0. The zero-order valence-corrected chi connectivity index (χ0v) is 27.2. The van der Waals surface area contributed by atoms with Crippen LogP contribution >= 0.6 is 0 Å². The van der Waals surface area contributed by atoms with Crippen LogP contribution in [-0.4, -0.2) is 75.1 Å². The average Bonchev–Trinajstić information content (AvgIpc) is 3.10. The fraction of sp³-hybridized carbons (Fsp3) is 0.886. The highest BCUT2D eigenvalue weighted by molar-refractivity contribution is 5.33. The van der Waals surface area contributed by atoms with Crippen LogP contribution in [0.5, 0.6) is 0 Å². The molecule has 42 heavy (non-hydrogen) atoms. The summed E-state index contributed by atoms with van der Waals surface area (Å²) in [6.07, 6.45) is 4.98. The Morgan fingerprint density at radius 3 is 2.33 bits per heavy atom. The summed E-state index contributed by atoms with van der Waals surface area (Å²) in [5.74, 6) is 0.960. The molecule has 0 aromatic rings. The predicted octanol–water partition coefficient (Wildman–Crippen LogP) is 4.74. The molecule has 14 atom stereocenters. The summed E-state index contributed by atoms with van der Waals surface area (Å²) >= 11 is 0. The summed E-state index contributed by atoms with van der Waals surface area (Å²) in [5.41, 5.74) is 1.79. The van der Waals surface area contributed by atoms with Gasteiger partial charge in [-0.3, -0.25) is 0 Å². The van der Waals surface area contributed by atoms with Crippen molar-refractivity contribution in [3.05, 3.63) is 23.3 Å². The monoisotopic (exact) mass is 590 g/mol. The maximum Gasteiger partial charge on any atom is 0.186 e. The first-order chi connectivity index (χ1) is 19.5. The van der Waals surface area contributed by atoms with Crippen molar-refractivity contribution in [2.24, 2.45) is 45.3 Å². The van der Waals surface area contributed by atoms with Crippen molar-refractivity contribution in [2.45, 2.75) is 143 Å². The van der Waals surface area contributed by atoms with E-state index in [4.69, 9.17) is 9.47 Å². The summed E-state index contributed by atoms with van der Waals surface area (Å²) in [6, 6.07) is 0. The molecular formula is C35H58O7. The maximum atomic E-state index is 12.1. The third-order valence-electron chi connectivity index (χ3n) is 13.3. The number of aliphatic hydroxyl groups is 5. The number of aliphatic hydroxyl groups excluding tert-OH is 5. The molecule has 0 amide bonds. The Hall–Kier alpha value is -0.800. The van der Waals surface area contributed by atoms with Crippen molar-refractivity contribution in [1.82, 2.24) is 0 Å². The van der Waals surface area contributed by atoms with Crippen molar-refractivity contribution in [2.75, 3.05) is 6.61 Å². The SMILES string of the molecule is CC(C)=CCC[C@@H](C)[C@H]1C(O)C[C@@]2(C)[C@@H]3C(O)C=C4[C@@H](CCC(O[C@@H]5OC[C@@H](O)[C@H](O)[C@H]5O)C4(C)C)[C@]3(C)CC[C@]12C. The summed E-state index contributed by atoms with van der Waals surface area (Å²) in [6.45, 7) is 18.0. The van der Waals surface area contributed by atoms with Crippen LogP contribution < -0.4 is 0 Å². The number of hydrogen-bond donors (Lipinski definition) is 5. The number of ether oxygens (including phenoxy) is 2. The highest BCUT2D eigenvalue weighted by Gasteiger charge is 2.71. The van der Waals surface area contributed by atoms with Gasteiger partial charge in [0, 0.05) is 11.3 Å². The van der Waals surface area contributed by atoms with Gasteiger partial charge in [0.2, 0.25) is 0 Å². The van der Waals surface area contributed by atoms with E-state index in [0.717, 1.165) is 44.9 Å². The number of allylic oxidation sites excluding steroid dienone is 2. The van der Waals surface area contributed by atoms with E-state index in [0.29, 0.717) is 5.92 Å². The van der Waals surface area contributed by atoms with Crippen molar-refractivity contribution >= 4 is 0 Å². The molecule has 1 aliphatic heterocycles. The first-order valence-corrected chi connectivity index (χ1v) is 16.5. The van der Waals surface area contributed by atoms with Crippen molar-refractivity contribution in [3.8, 4) is 0 Å². The molecule has 0 radical (unpaired) electrons. The topological polar surface area (TPSA) is 120 Å². The van der Waals surface area contributed by atoms with E-state index in [2.05, 4.69) is 67.5 Å². The third kappa shape index (κ3) is 4.89. The van der Waals surface area contributed by atoms with Gasteiger partial charge in [-0.2, -0.15) is 0 Å². The van der Waals surface area contributed by atoms with E-state index in [1.54, 1.807) is 0 Å². The molecule has 0 aromatic heterocycles. The van der Waals surface area contributed by atoms with E-state index < -0.39 is 36.1 Å². The lowest BCUT2D eigenvalue weighted by atomic mass is 9.38. The molecule has 3 saturated carbocycles. The number of hydrogen-bond acceptors (Lipinski definition) is 7. The minimum atomic E-state index is -1.32. The molecule has 0 bridgehead atoms. The minimum Gasteiger partial charge on any atom is -0.393 e. The summed E-state index contributed by atoms with van der Waals surface area (Å²) in [5, 5.41) is 54.3. The molecule has 240 valence electrons. The predicted molar refractivity (Wildman–Crippen MR) is 162 cm³/mol. The molecule has 5 aliphatic rings. The second-order valence-corrected chi connectivity index (χ2v) is 16.3. The zero-order valence-electron chi connectivity index (χ0n) is 27.2. The summed E-state index contributed by atoms with van der Waals surface area (Å²) in [7, 11) is 0. The van der Waals surface area contributed by atoms with Crippen LogP contribution in [0.25, 0.3) is 0 Å². The summed E-state index contributed by atoms with van der Waals surface area (Å²) in [4.78, 5) is 0. The van der Waals surface area contributed by atoms with Crippen molar-refractivity contribution in [1.29, 1.82) is 0 Å². The Morgan fingerprint density at radius 2 is 1.67 bits per heavy atom. The molecular weight excluding hydrogens is 532 g/mol. The quantitative estimate of drug-likeness (QED) is 0.284. The van der Waals surface area contributed by atoms with Gasteiger partial charge >= 0.3 is 0 Å². The normalized spacial score (nSPS) is 50.6. The first-order valence-electron chi connectivity index (χ1n) is 16.5. The van der Waals surface area contributed by atoms with Gasteiger partial charge < -0.3 is 35.0 Å². The van der Waals surface area contributed by atoms with Crippen LogP contribution in [0, 0.1) is 45.3 Å². The molecule has 4 aliphatic carbocycles. The largest absolute Gasteiger partial charge is 0.393 e. The van der Waals surface area contributed by atoms with Crippen LogP contribution in [-0.2, 0) is 9.47 Å². The third-order valence-corrected chi connectivity index (χ3v) is 13.3. The van der Waals surface area contributed by atoms with Crippen LogP contribution in [0.15, 0.2) is 23.3 Å². The Labute approximate surface area is 253 Å². The van der Waals surface area contributed by atoms with Gasteiger partial charge in [-0.1, -0.05) is 64.8 Å². The molecule has 4 fully saturated rings. The lowest BCUT2D eigenvalue weighted by molar-refractivity contribution is -0.294. The highest BCUT2D eigenvalue weighted by atomic mass is 16.7. The van der Waals surface area contributed by atoms with E-state index in [1.807, 2.05) is 0 Å². The van der Waals surface area contributed by atoms with Gasteiger partial charge in [0.05, 0.1) is 24.9 Å². The van der Waals surface area contributed by atoms with Gasteiger partial charge in [-0.15, -0.1) is 0 Å². The smallest absolute Gasteiger partial charge is 0.186 e. The molecule has 0 aromatic carbocycles.